The maximum absolute atomic E-state index is 5.23. The normalized spacial score (nSPS) is 37.8. The highest BCUT2D eigenvalue weighted by atomic mass is 32.1. The smallest absolute Gasteiger partial charge is 0.106 e. The fourth-order valence-electron chi connectivity index (χ4n) is 3.60. The van der Waals surface area contributed by atoms with E-state index in [9.17, 15) is 0 Å². The molecule has 0 radical (unpaired) electrons. The number of hydrogen-bond donors (Lipinski definition) is 1. The van der Waals surface area contributed by atoms with E-state index in [0.29, 0.717) is 0 Å². The molecule has 3 aliphatic rings. The maximum Gasteiger partial charge on any atom is 0.106 e. The van der Waals surface area contributed by atoms with Crippen molar-refractivity contribution in [3.05, 3.63) is 11.4 Å². The molecule has 2 heterocycles. The van der Waals surface area contributed by atoms with Crippen molar-refractivity contribution in [1.29, 1.82) is 0 Å². The van der Waals surface area contributed by atoms with Gasteiger partial charge < -0.3 is 10.2 Å². The van der Waals surface area contributed by atoms with Gasteiger partial charge in [-0.2, -0.15) is 0 Å². The quantitative estimate of drug-likeness (QED) is 0.703. The maximum atomic E-state index is 5.23. The van der Waals surface area contributed by atoms with Gasteiger partial charge in [-0.05, 0) is 18.8 Å². The Balaban J connectivity index is 1.94. The van der Waals surface area contributed by atoms with Crippen molar-refractivity contribution < 1.29 is 0 Å². The van der Waals surface area contributed by atoms with E-state index in [-0.39, 0.29) is 0 Å². The van der Waals surface area contributed by atoms with Crippen molar-refractivity contribution in [3.63, 3.8) is 0 Å². The van der Waals surface area contributed by atoms with Gasteiger partial charge in [0.25, 0.3) is 0 Å². The fourth-order valence-corrected chi connectivity index (χ4v) is 3.89. The van der Waals surface area contributed by atoms with Gasteiger partial charge in [0.1, 0.15) is 5.82 Å². The number of rotatable bonds is 1. The van der Waals surface area contributed by atoms with E-state index < -0.39 is 0 Å². The minimum atomic E-state index is 0.721. The molecule has 2 aliphatic heterocycles. The molecule has 2 nitrogen and oxygen atoms in total. The molecule has 3 heteroatoms. The summed E-state index contributed by atoms with van der Waals surface area (Å²) in [5.41, 5.74) is 1.42. The number of fused-ring (bicyclic) bond motifs is 3. The second-order valence-corrected chi connectivity index (χ2v) is 5.75. The molecule has 0 aromatic rings. The monoisotopic (exact) mass is 236 g/mol. The molecule has 1 aliphatic carbocycles. The summed E-state index contributed by atoms with van der Waals surface area (Å²) >= 11 is 5.23. The number of hydrogen-bond acceptors (Lipinski definition) is 3. The standard InChI is InChI=1S/C13H20N2S/c1-9-6-14-13-11(8-16)10-4-2-3-5-12(10)15(13)7-9/h8-10,12,14H,2-7H2,1H3/t9-,10+,12+/m1/s1. The first kappa shape index (κ1) is 10.6. The first-order valence-corrected chi connectivity index (χ1v) is 6.98. The molecular formula is C13H20N2S. The highest BCUT2D eigenvalue weighted by molar-refractivity contribution is 7.79. The van der Waals surface area contributed by atoms with Gasteiger partial charge in [0, 0.05) is 36.0 Å². The van der Waals surface area contributed by atoms with Crippen LogP contribution in [0, 0.1) is 11.8 Å². The van der Waals surface area contributed by atoms with E-state index in [4.69, 9.17) is 12.2 Å². The van der Waals surface area contributed by atoms with Crippen LogP contribution in [0.4, 0.5) is 0 Å². The molecule has 3 rings (SSSR count). The number of nitrogens with zero attached hydrogens (tertiary/aromatic N) is 1. The Morgan fingerprint density at radius 3 is 3.00 bits per heavy atom. The molecule has 0 unspecified atom stereocenters. The second-order valence-electron chi connectivity index (χ2n) is 5.52. The molecule has 0 bridgehead atoms. The molecule has 1 saturated heterocycles. The van der Waals surface area contributed by atoms with Crippen LogP contribution in [0.5, 0.6) is 0 Å². The van der Waals surface area contributed by atoms with Gasteiger partial charge in [-0.3, -0.25) is 0 Å². The summed E-state index contributed by atoms with van der Waals surface area (Å²) < 4.78 is 0. The third-order valence-corrected chi connectivity index (χ3v) is 4.60. The lowest BCUT2D eigenvalue weighted by atomic mass is 9.82. The van der Waals surface area contributed by atoms with E-state index in [1.165, 1.54) is 43.6 Å². The molecule has 1 N–H and O–H groups in total. The van der Waals surface area contributed by atoms with Gasteiger partial charge in [-0.15, -0.1) is 0 Å². The lowest BCUT2D eigenvalue weighted by Crippen LogP contribution is -2.47. The van der Waals surface area contributed by atoms with Crippen LogP contribution in [0.3, 0.4) is 0 Å². The molecule has 88 valence electrons. The Hall–Kier alpha value is -0.570. The van der Waals surface area contributed by atoms with E-state index in [2.05, 4.69) is 17.1 Å². The number of thiocarbonyl (C=S) groups is 1. The van der Waals surface area contributed by atoms with E-state index in [1.807, 2.05) is 5.37 Å². The topological polar surface area (TPSA) is 15.3 Å². The Kier molecular flexibility index (Phi) is 2.66. The minimum Gasteiger partial charge on any atom is -0.371 e. The molecule has 0 aromatic carbocycles. The summed E-state index contributed by atoms with van der Waals surface area (Å²) in [5, 5.41) is 5.53. The van der Waals surface area contributed by atoms with Gasteiger partial charge in [-0.25, -0.2) is 0 Å². The van der Waals surface area contributed by atoms with E-state index in [1.54, 1.807) is 0 Å². The summed E-state index contributed by atoms with van der Waals surface area (Å²) in [7, 11) is 0. The first-order valence-electron chi connectivity index (χ1n) is 6.51. The van der Waals surface area contributed by atoms with Crippen LogP contribution in [0.2, 0.25) is 0 Å². The van der Waals surface area contributed by atoms with Crippen molar-refractivity contribution in [1.82, 2.24) is 10.2 Å². The van der Waals surface area contributed by atoms with Crippen LogP contribution in [-0.2, 0) is 0 Å². The molecule has 3 atom stereocenters. The minimum absolute atomic E-state index is 0.721. The summed E-state index contributed by atoms with van der Waals surface area (Å²) in [4.78, 5) is 2.61. The molecular weight excluding hydrogens is 216 g/mol. The highest BCUT2D eigenvalue weighted by Crippen LogP contribution is 2.42. The van der Waals surface area contributed by atoms with Crippen LogP contribution in [0.1, 0.15) is 32.6 Å². The zero-order valence-electron chi connectivity index (χ0n) is 9.91. The van der Waals surface area contributed by atoms with Crippen LogP contribution in [-0.4, -0.2) is 29.4 Å². The van der Waals surface area contributed by atoms with Crippen LogP contribution in [0.25, 0.3) is 0 Å². The molecule has 0 amide bonds. The third-order valence-electron chi connectivity index (χ3n) is 4.34. The predicted octanol–water partition coefficient (Wildman–Crippen LogP) is 2.31. The lowest BCUT2D eigenvalue weighted by Gasteiger charge is -2.39. The van der Waals surface area contributed by atoms with Gasteiger partial charge in [0.2, 0.25) is 0 Å². The van der Waals surface area contributed by atoms with Gasteiger partial charge in [0.05, 0.1) is 0 Å². The highest BCUT2D eigenvalue weighted by Gasteiger charge is 2.42. The Morgan fingerprint density at radius 1 is 1.38 bits per heavy atom. The van der Waals surface area contributed by atoms with Crippen LogP contribution >= 0.6 is 12.2 Å². The Morgan fingerprint density at radius 2 is 2.19 bits per heavy atom. The van der Waals surface area contributed by atoms with Gasteiger partial charge >= 0.3 is 0 Å². The average Bonchev–Trinajstić information content (AvgIpc) is 2.62. The van der Waals surface area contributed by atoms with Gasteiger partial charge in [0.15, 0.2) is 0 Å². The largest absolute Gasteiger partial charge is 0.371 e. The van der Waals surface area contributed by atoms with Crippen LogP contribution in [0.15, 0.2) is 11.4 Å². The lowest BCUT2D eigenvalue weighted by molar-refractivity contribution is 0.143. The zero-order valence-corrected chi connectivity index (χ0v) is 10.7. The van der Waals surface area contributed by atoms with Crippen molar-refractivity contribution in [2.24, 2.45) is 11.8 Å². The third kappa shape index (κ3) is 1.48. The van der Waals surface area contributed by atoms with Crippen molar-refractivity contribution >= 4 is 17.6 Å². The van der Waals surface area contributed by atoms with Crippen molar-refractivity contribution in [2.75, 3.05) is 13.1 Å². The van der Waals surface area contributed by atoms with Crippen molar-refractivity contribution in [3.8, 4) is 0 Å². The van der Waals surface area contributed by atoms with Gasteiger partial charge in [-0.1, -0.05) is 32.0 Å². The van der Waals surface area contributed by atoms with Crippen LogP contribution < -0.4 is 5.32 Å². The summed E-state index contributed by atoms with van der Waals surface area (Å²) in [6.45, 7) is 4.66. The molecule has 1 saturated carbocycles. The summed E-state index contributed by atoms with van der Waals surface area (Å²) in [6.07, 6.45) is 5.47. The van der Waals surface area contributed by atoms with E-state index in [0.717, 1.165) is 24.4 Å². The molecule has 16 heavy (non-hydrogen) atoms. The fraction of sp³-hybridized carbons (Fsp3) is 0.769. The Labute approximate surface area is 103 Å². The number of nitrogens with one attached hydrogen (secondary N) is 1. The van der Waals surface area contributed by atoms with E-state index >= 15 is 0 Å². The Bertz CT molecular complexity index is 337. The summed E-state index contributed by atoms with van der Waals surface area (Å²) in [5.74, 6) is 2.85. The molecule has 0 aromatic heterocycles. The predicted molar refractivity (Wildman–Crippen MR) is 70.3 cm³/mol. The SMILES string of the molecule is C[C@@H]1CNC2=C(C=S)[C@@H]3CCCC[C@@H]3N2C1. The second kappa shape index (κ2) is 4.02. The average molecular weight is 236 g/mol. The van der Waals surface area contributed by atoms with Crippen molar-refractivity contribution in [2.45, 2.75) is 38.6 Å². The molecule has 2 fully saturated rings. The summed E-state index contributed by atoms with van der Waals surface area (Å²) in [6, 6.07) is 0.744. The zero-order chi connectivity index (χ0) is 11.1. The molecule has 0 spiro atoms. The first-order chi connectivity index (χ1) is 7.81.